The van der Waals surface area contributed by atoms with Crippen LogP contribution < -0.4 is 15.4 Å². The highest BCUT2D eigenvalue weighted by molar-refractivity contribution is 7.89. The minimum absolute atomic E-state index is 0.0132. The van der Waals surface area contributed by atoms with Crippen LogP contribution in [0.5, 0.6) is 5.75 Å². The van der Waals surface area contributed by atoms with E-state index in [-0.39, 0.29) is 84.1 Å². The van der Waals surface area contributed by atoms with Gasteiger partial charge in [-0.2, -0.15) is 8.61 Å². The van der Waals surface area contributed by atoms with E-state index in [1.807, 2.05) is 0 Å². The zero-order valence-corrected chi connectivity index (χ0v) is 35.3. The Bertz CT molecular complexity index is 2920. The number of hydrogen-bond donors (Lipinski definition) is 2. The van der Waals surface area contributed by atoms with Crippen LogP contribution in [0.15, 0.2) is 126 Å². The highest BCUT2D eigenvalue weighted by atomic mass is 32.2. The highest BCUT2D eigenvalue weighted by Gasteiger charge is 2.34. The second-order valence-corrected chi connectivity index (χ2v) is 18.8. The van der Waals surface area contributed by atoms with Crippen LogP contribution in [0.25, 0.3) is 11.4 Å². The van der Waals surface area contributed by atoms with Crippen LogP contribution in [0.2, 0.25) is 0 Å². The van der Waals surface area contributed by atoms with Gasteiger partial charge in [0.15, 0.2) is 0 Å². The SMILES string of the molecule is COc1ccc(NC(=O)c2ccc(F)c(-n3ccc(C4CCCN(S(=O)(=O)c5cc(NC(=O)c6cc(F)cc(-n7cccc7)c6)ccc5F)C4)c3)c2)cc1S(=O)(=O)N1CCOCC1. The van der Waals surface area contributed by atoms with Gasteiger partial charge in [0.25, 0.3) is 11.8 Å². The van der Waals surface area contributed by atoms with E-state index in [0.717, 1.165) is 24.3 Å². The van der Waals surface area contributed by atoms with Crippen LogP contribution in [0.4, 0.5) is 24.5 Å². The van der Waals surface area contributed by atoms with Crippen molar-refractivity contribution in [1.29, 1.82) is 0 Å². The molecule has 0 saturated carbocycles. The monoisotopic (exact) mass is 902 g/mol. The maximum Gasteiger partial charge on any atom is 0.255 e. The molecule has 0 aliphatic carbocycles. The van der Waals surface area contributed by atoms with Crippen molar-refractivity contribution in [2.75, 3.05) is 57.1 Å². The molecule has 2 aromatic heterocycles. The van der Waals surface area contributed by atoms with E-state index in [1.165, 1.54) is 68.8 Å². The summed E-state index contributed by atoms with van der Waals surface area (Å²) in [6.07, 6.45) is 7.59. The Morgan fingerprint density at radius 2 is 1.37 bits per heavy atom. The number of rotatable bonds is 12. The van der Waals surface area contributed by atoms with Crippen molar-refractivity contribution in [3.05, 3.63) is 150 Å². The smallest absolute Gasteiger partial charge is 0.255 e. The summed E-state index contributed by atoms with van der Waals surface area (Å²) < 4.78 is 116. The summed E-state index contributed by atoms with van der Waals surface area (Å²) in [5.74, 6) is -3.96. The third kappa shape index (κ3) is 9.14. The molecule has 14 nitrogen and oxygen atoms in total. The minimum Gasteiger partial charge on any atom is -0.495 e. The number of anilines is 2. The first kappa shape index (κ1) is 43.4. The summed E-state index contributed by atoms with van der Waals surface area (Å²) >= 11 is 0. The number of halogens is 3. The zero-order chi connectivity index (χ0) is 44.5. The molecule has 4 aromatic carbocycles. The molecule has 328 valence electrons. The largest absolute Gasteiger partial charge is 0.495 e. The Morgan fingerprint density at radius 3 is 2.10 bits per heavy atom. The molecular weight excluding hydrogens is 862 g/mol. The molecule has 8 rings (SSSR count). The molecule has 2 N–H and O–H groups in total. The van der Waals surface area contributed by atoms with Crippen molar-refractivity contribution in [3.63, 3.8) is 0 Å². The van der Waals surface area contributed by atoms with Crippen LogP contribution >= 0.6 is 0 Å². The van der Waals surface area contributed by atoms with Crippen LogP contribution in [0.3, 0.4) is 0 Å². The Balaban J connectivity index is 0.965. The first-order valence-electron chi connectivity index (χ1n) is 19.8. The average molecular weight is 903 g/mol. The Hall–Kier alpha value is -6.25. The molecule has 2 saturated heterocycles. The second-order valence-electron chi connectivity index (χ2n) is 14.9. The number of nitrogens with one attached hydrogen (secondary N) is 2. The number of nitrogens with zero attached hydrogens (tertiary/aromatic N) is 4. The van der Waals surface area contributed by atoms with Gasteiger partial charge in [-0.3, -0.25) is 9.59 Å². The van der Waals surface area contributed by atoms with Crippen LogP contribution in [-0.2, 0) is 24.8 Å². The third-order valence-corrected chi connectivity index (χ3v) is 14.7. The molecule has 0 radical (unpaired) electrons. The first-order chi connectivity index (χ1) is 30.2. The van der Waals surface area contributed by atoms with E-state index in [0.29, 0.717) is 24.1 Å². The molecule has 0 spiro atoms. The fourth-order valence-corrected chi connectivity index (χ4v) is 10.9. The number of methoxy groups -OCH3 is 1. The van der Waals surface area contributed by atoms with Gasteiger partial charge in [0.05, 0.1) is 26.0 Å². The van der Waals surface area contributed by atoms with Gasteiger partial charge < -0.3 is 29.2 Å². The lowest BCUT2D eigenvalue weighted by Gasteiger charge is -2.32. The fraction of sp³-hybridized carbons (Fsp3) is 0.227. The van der Waals surface area contributed by atoms with Gasteiger partial charge in [-0.25, -0.2) is 30.0 Å². The summed E-state index contributed by atoms with van der Waals surface area (Å²) in [6, 6.07) is 20.1. The molecule has 6 aromatic rings. The quantitative estimate of drug-likeness (QED) is 0.136. The normalized spacial score (nSPS) is 16.4. The van der Waals surface area contributed by atoms with Gasteiger partial charge in [0.1, 0.15) is 33.0 Å². The van der Waals surface area contributed by atoms with Crippen molar-refractivity contribution in [2.24, 2.45) is 0 Å². The summed E-state index contributed by atoms with van der Waals surface area (Å²) in [7, 11) is -7.07. The van der Waals surface area contributed by atoms with Crippen molar-refractivity contribution in [1.82, 2.24) is 17.7 Å². The molecule has 0 bridgehead atoms. The summed E-state index contributed by atoms with van der Waals surface area (Å²) in [5.41, 5.74) is 1.29. The van der Waals surface area contributed by atoms with Gasteiger partial charge in [-0.05, 0) is 115 Å². The average Bonchev–Trinajstić information content (AvgIpc) is 4.02. The van der Waals surface area contributed by atoms with E-state index in [9.17, 15) is 30.8 Å². The van der Waals surface area contributed by atoms with E-state index >= 15 is 8.78 Å². The Morgan fingerprint density at radius 1 is 0.698 bits per heavy atom. The predicted molar refractivity (Wildman–Crippen MR) is 227 cm³/mol. The number of piperidine rings is 1. The van der Waals surface area contributed by atoms with Crippen molar-refractivity contribution in [2.45, 2.75) is 28.6 Å². The predicted octanol–water partition coefficient (Wildman–Crippen LogP) is 6.79. The fourth-order valence-electron chi connectivity index (χ4n) is 7.66. The molecule has 2 aliphatic heterocycles. The van der Waals surface area contributed by atoms with Crippen molar-refractivity contribution in [3.8, 4) is 17.1 Å². The number of morpholine rings is 1. The van der Waals surface area contributed by atoms with E-state index < -0.39 is 54.2 Å². The standard InChI is InChI=1S/C44H41F3N6O8S2/c1-60-40-11-8-35(26-42(40)63(58,59)52-17-19-61-20-18-52)48-43(54)29-6-9-37(46)39(23-29)51-16-12-31(27-51)30-5-4-15-53(28-30)62(56,57)41-25-34(7-10-38(41)47)49-44(55)32-21-33(45)24-36(22-32)50-13-2-3-14-50/h2-3,6-14,16,21-27,30H,4-5,15,17-20,28H2,1H3,(H,48,54)(H,49,55). The third-order valence-electron chi connectivity index (χ3n) is 10.9. The number of ether oxygens (including phenoxy) is 2. The van der Waals surface area contributed by atoms with Gasteiger partial charge in [0, 0.05) is 79.2 Å². The van der Waals surface area contributed by atoms with Crippen molar-refractivity contribution >= 4 is 43.2 Å². The summed E-state index contributed by atoms with van der Waals surface area (Å²) in [5, 5.41) is 5.24. The van der Waals surface area contributed by atoms with Crippen LogP contribution in [0.1, 0.15) is 45.0 Å². The lowest BCUT2D eigenvalue weighted by molar-refractivity contribution is 0.0729. The van der Waals surface area contributed by atoms with Gasteiger partial charge in [0.2, 0.25) is 20.0 Å². The Labute approximate surface area is 361 Å². The number of amides is 2. The highest BCUT2D eigenvalue weighted by Crippen LogP contribution is 2.34. The maximum atomic E-state index is 15.4. The van der Waals surface area contributed by atoms with Crippen LogP contribution in [0, 0.1) is 17.5 Å². The summed E-state index contributed by atoms with van der Waals surface area (Å²) in [4.78, 5) is 25.9. The van der Waals surface area contributed by atoms with Crippen molar-refractivity contribution < 1.29 is 49.1 Å². The molecule has 4 heterocycles. The molecule has 2 amide bonds. The lowest BCUT2D eigenvalue weighted by atomic mass is 9.94. The Kier molecular flexibility index (Phi) is 12.3. The molecule has 1 atom stereocenters. The number of aromatic nitrogens is 2. The van der Waals surface area contributed by atoms with Gasteiger partial charge in [-0.1, -0.05) is 0 Å². The number of hydrogen-bond acceptors (Lipinski definition) is 8. The van der Waals surface area contributed by atoms with Gasteiger partial charge >= 0.3 is 0 Å². The van der Waals surface area contributed by atoms with E-state index in [4.69, 9.17) is 9.47 Å². The number of sulfonamides is 2. The molecule has 2 fully saturated rings. The number of carbonyl (C=O) groups excluding carboxylic acids is 2. The number of carbonyl (C=O) groups is 2. The molecule has 1 unspecified atom stereocenters. The molecule has 19 heteroatoms. The topological polar surface area (TPSA) is 161 Å². The zero-order valence-electron chi connectivity index (χ0n) is 33.7. The second kappa shape index (κ2) is 17.9. The molecule has 63 heavy (non-hydrogen) atoms. The first-order valence-corrected chi connectivity index (χ1v) is 22.7. The maximum absolute atomic E-state index is 15.4. The lowest BCUT2D eigenvalue weighted by Crippen LogP contribution is -2.40. The van der Waals surface area contributed by atoms with E-state index in [2.05, 4.69) is 10.6 Å². The summed E-state index contributed by atoms with van der Waals surface area (Å²) in [6.45, 7) is 0.885. The van der Waals surface area contributed by atoms with E-state index in [1.54, 1.807) is 47.6 Å². The number of benzene rings is 4. The minimum atomic E-state index is -4.43. The molecular formula is C44H41F3N6O8S2. The van der Waals surface area contributed by atoms with Gasteiger partial charge in [-0.15, -0.1) is 0 Å². The molecule has 2 aliphatic rings. The van der Waals surface area contributed by atoms with Crippen LogP contribution in [-0.4, -0.2) is 92.9 Å².